The molecule has 0 aliphatic rings. The highest BCUT2D eigenvalue weighted by molar-refractivity contribution is 5.75. The molecule has 0 aliphatic carbocycles. The van der Waals surface area contributed by atoms with E-state index in [0.717, 1.165) is 0 Å². The van der Waals surface area contributed by atoms with E-state index >= 15 is 0 Å². The summed E-state index contributed by atoms with van der Waals surface area (Å²) in [5, 5.41) is 0. The Labute approximate surface area is 88.7 Å². The average molecular weight is 210 g/mol. The molecule has 15 heavy (non-hydrogen) atoms. The summed E-state index contributed by atoms with van der Waals surface area (Å²) in [4.78, 5) is 12.4. The highest BCUT2D eigenvalue weighted by Gasteiger charge is 2.05. The van der Waals surface area contributed by atoms with E-state index in [4.69, 9.17) is 5.73 Å². The summed E-state index contributed by atoms with van der Waals surface area (Å²) in [7, 11) is 1.78. The van der Waals surface area contributed by atoms with Crippen molar-refractivity contribution >= 4 is 5.91 Å². The molecule has 0 fully saturated rings. The fourth-order valence-electron chi connectivity index (χ4n) is 1.36. The van der Waals surface area contributed by atoms with Crippen molar-refractivity contribution in [1.29, 1.82) is 0 Å². The number of halogens is 1. The zero-order valence-electron chi connectivity index (χ0n) is 8.74. The Morgan fingerprint density at radius 1 is 1.47 bits per heavy atom. The Kier molecular flexibility index (Phi) is 4.24. The first-order valence-electron chi connectivity index (χ1n) is 4.80. The zero-order valence-corrected chi connectivity index (χ0v) is 8.74. The van der Waals surface area contributed by atoms with Gasteiger partial charge in [0.05, 0.1) is 6.54 Å². The highest BCUT2D eigenvalue weighted by atomic mass is 19.1. The second kappa shape index (κ2) is 5.46. The van der Waals surface area contributed by atoms with Gasteiger partial charge in [0.1, 0.15) is 5.82 Å². The van der Waals surface area contributed by atoms with Crippen LogP contribution >= 0.6 is 0 Å². The standard InChI is InChI=1S/C11H15FN2O/c1-14(8-11(13)15)7-6-9-4-2-3-5-10(9)12/h2-5H,6-8H2,1H3,(H2,13,15). The smallest absolute Gasteiger partial charge is 0.231 e. The number of rotatable bonds is 5. The number of amides is 1. The van der Waals surface area contributed by atoms with Gasteiger partial charge in [0.25, 0.3) is 0 Å². The minimum Gasteiger partial charge on any atom is -0.369 e. The molecule has 0 bridgehead atoms. The van der Waals surface area contributed by atoms with E-state index < -0.39 is 0 Å². The highest BCUT2D eigenvalue weighted by Crippen LogP contribution is 2.07. The lowest BCUT2D eigenvalue weighted by atomic mass is 10.1. The quantitative estimate of drug-likeness (QED) is 0.780. The molecule has 0 saturated heterocycles. The maximum Gasteiger partial charge on any atom is 0.231 e. The Hall–Kier alpha value is -1.42. The normalized spacial score (nSPS) is 10.6. The molecular formula is C11H15FN2O. The number of carbonyl (C=O) groups excluding carboxylic acids is 1. The van der Waals surface area contributed by atoms with Crippen LogP contribution in [0.3, 0.4) is 0 Å². The van der Waals surface area contributed by atoms with Gasteiger partial charge < -0.3 is 5.73 Å². The van der Waals surface area contributed by atoms with Crippen LogP contribution < -0.4 is 5.73 Å². The van der Waals surface area contributed by atoms with E-state index in [1.165, 1.54) is 6.07 Å². The lowest BCUT2D eigenvalue weighted by molar-refractivity contribution is -0.118. The molecule has 0 unspecified atom stereocenters. The topological polar surface area (TPSA) is 46.3 Å². The number of benzene rings is 1. The molecule has 2 N–H and O–H groups in total. The number of nitrogens with two attached hydrogens (primary N) is 1. The Bertz CT molecular complexity index is 341. The molecule has 0 aromatic heterocycles. The molecule has 0 saturated carbocycles. The number of likely N-dealkylation sites (N-methyl/N-ethyl adjacent to an activating group) is 1. The molecule has 1 amide bonds. The molecular weight excluding hydrogens is 195 g/mol. The van der Waals surface area contributed by atoms with Gasteiger partial charge in [0.2, 0.25) is 5.91 Å². The number of carbonyl (C=O) groups is 1. The van der Waals surface area contributed by atoms with Crippen molar-refractivity contribution in [3.8, 4) is 0 Å². The van der Waals surface area contributed by atoms with Crippen molar-refractivity contribution in [2.24, 2.45) is 5.73 Å². The van der Waals surface area contributed by atoms with Crippen LogP contribution in [0, 0.1) is 5.82 Å². The first-order chi connectivity index (χ1) is 7.09. The van der Waals surface area contributed by atoms with Crippen molar-refractivity contribution < 1.29 is 9.18 Å². The van der Waals surface area contributed by atoms with Crippen LogP contribution in [0.1, 0.15) is 5.56 Å². The molecule has 0 heterocycles. The summed E-state index contributed by atoms with van der Waals surface area (Å²) in [6.07, 6.45) is 0.580. The predicted molar refractivity (Wildman–Crippen MR) is 56.8 cm³/mol. The van der Waals surface area contributed by atoms with Crippen LogP contribution in [0.25, 0.3) is 0 Å². The Morgan fingerprint density at radius 2 is 2.13 bits per heavy atom. The fourth-order valence-corrected chi connectivity index (χ4v) is 1.36. The van der Waals surface area contributed by atoms with E-state index in [-0.39, 0.29) is 18.3 Å². The van der Waals surface area contributed by atoms with Crippen molar-refractivity contribution in [3.05, 3.63) is 35.6 Å². The Balaban J connectivity index is 2.43. The summed E-state index contributed by atoms with van der Waals surface area (Å²) >= 11 is 0. The van der Waals surface area contributed by atoms with E-state index in [1.54, 1.807) is 30.1 Å². The third-order valence-corrected chi connectivity index (χ3v) is 2.15. The first kappa shape index (κ1) is 11.7. The molecule has 1 aromatic rings. The van der Waals surface area contributed by atoms with Crippen LogP contribution in [0.4, 0.5) is 4.39 Å². The molecule has 0 radical (unpaired) electrons. The second-order valence-electron chi connectivity index (χ2n) is 3.55. The maximum atomic E-state index is 13.2. The van der Waals surface area contributed by atoms with Crippen LogP contribution in [-0.2, 0) is 11.2 Å². The summed E-state index contributed by atoms with van der Waals surface area (Å²) in [6, 6.07) is 6.63. The third-order valence-electron chi connectivity index (χ3n) is 2.15. The maximum absolute atomic E-state index is 13.2. The van der Waals surface area contributed by atoms with Crippen molar-refractivity contribution in [1.82, 2.24) is 4.90 Å². The molecule has 0 spiro atoms. The molecule has 82 valence electrons. The lowest BCUT2D eigenvalue weighted by Gasteiger charge is -2.14. The van der Waals surface area contributed by atoms with Gasteiger partial charge in [-0.1, -0.05) is 18.2 Å². The van der Waals surface area contributed by atoms with E-state index in [0.29, 0.717) is 18.5 Å². The number of hydrogen-bond donors (Lipinski definition) is 1. The monoisotopic (exact) mass is 210 g/mol. The molecule has 1 rings (SSSR count). The molecule has 3 nitrogen and oxygen atoms in total. The summed E-state index contributed by atoms with van der Waals surface area (Å²) in [5.74, 6) is -0.573. The van der Waals surface area contributed by atoms with Gasteiger partial charge in [0, 0.05) is 6.54 Å². The average Bonchev–Trinajstić information content (AvgIpc) is 2.15. The predicted octanol–water partition coefficient (Wildman–Crippen LogP) is 0.785. The molecule has 1 aromatic carbocycles. The SMILES string of the molecule is CN(CCc1ccccc1F)CC(N)=O. The first-order valence-corrected chi connectivity index (χ1v) is 4.80. The van der Waals surface area contributed by atoms with Gasteiger partial charge in [-0.2, -0.15) is 0 Å². The van der Waals surface area contributed by atoms with Crippen LogP contribution in [-0.4, -0.2) is 30.9 Å². The van der Waals surface area contributed by atoms with Gasteiger partial charge >= 0.3 is 0 Å². The van der Waals surface area contributed by atoms with Crippen LogP contribution in [0.15, 0.2) is 24.3 Å². The van der Waals surface area contributed by atoms with Gasteiger partial charge in [-0.3, -0.25) is 9.69 Å². The van der Waals surface area contributed by atoms with Crippen molar-refractivity contribution in [2.45, 2.75) is 6.42 Å². The molecule has 0 atom stereocenters. The number of hydrogen-bond acceptors (Lipinski definition) is 2. The summed E-state index contributed by atoms with van der Waals surface area (Å²) in [6.45, 7) is 0.818. The zero-order chi connectivity index (χ0) is 11.3. The van der Waals surface area contributed by atoms with E-state index in [9.17, 15) is 9.18 Å². The minimum atomic E-state index is -0.369. The van der Waals surface area contributed by atoms with E-state index in [2.05, 4.69) is 0 Å². The van der Waals surface area contributed by atoms with E-state index in [1.807, 2.05) is 0 Å². The lowest BCUT2D eigenvalue weighted by Crippen LogP contribution is -2.32. The largest absolute Gasteiger partial charge is 0.369 e. The van der Waals surface area contributed by atoms with Crippen molar-refractivity contribution in [3.63, 3.8) is 0 Å². The van der Waals surface area contributed by atoms with Crippen LogP contribution in [0.5, 0.6) is 0 Å². The summed E-state index contributed by atoms with van der Waals surface area (Å²) < 4.78 is 13.2. The summed E-state index contributed by atoms with van der Waals surface area (Å²) in [5.41, 5.74) is 5.70. The van der Waals surface area contributed by atoms with Gasteiger partial charge in [-0.15, -0.1) is 0 Å². The molecule has 4 heteroatoms. The van der Waals surface area contributed by atoms with Gasteiger partial charge in [-0.05, 0) is 25.1 Å². The third kappa shape index (κ3) is 4.08. The number of nitrogens with zero attached hydrogens (tertiary/aromatic N) is 1. The van der Waals surface area contributed by atoms with Gasteiger partial charge in [-0.25, -0.2) is 4.39 Å². The molecule has 0 aliphatic heterocycles. The van der Waals surface area contributed by atoms with Crippen LogP contribution in [0.2, 0.25) is 0 Å². The van der Waals surface area contributed by atoms with Crippen molar-refractivity contribution in [2.75, 3.05) is 20.1 Å². The fraction of sp³-hybridized carbons (Fsp3) is 0.364. The minimum absolute atomic E-state index is 0.203. The van der Waals surface area contributed by atoms with Gasteiger partial charge in [0.15, 0.2) is 0 Å². The Morgan fingerprint density at radius 3 is 2.73 bits per heavy atom. The number of primary amides is 1. The second-order valence-corrected chi connectivity index (χ2v) is 3.55.